The van der Waals surface area contributed by atoms with Crippen LogP contribution >= 0.6 is 0 Å². The second-order valence-corrected chi connectivity index (χ2v) is 11.0. The average Bonchev–Trinajstić information content (AvgIpc) is 3.09. The minimum absolute atomic E-state index is 0.0219. The van der Waals surface area contributed by atoms with Crippen LogP contribution in [0.5, 0.6) is 0 Å². The molecule has 6 unspecified atom stereocenters. The Morgan fingerprint density at radius 2 is 1.93 bits per heavy atom. The van der Waals surface area contributed by atoms with Gasteiger partial charge in [0.25, 0.3) is 0 Å². The van der Waals surface area contributed by atoms with Crippen molar-refractivity contribution in [3.05, 3.63) is 23.8 Å². The molecule has 0 bridgehead atoms. The summed E-state index contributed by atoms with van der Waals surface area (Å²) in [6.07, 6.45) is 7.47. The molecule has 0 amide bonds. The Morgan fingerprint density at radius 1 is 1.20 bits per heavy atom. The number of carbonyl (C=O) groups excluding carboxylic acids is 1. The van der Waals surface area contributed by atoms with E-state index < -0.39 is 35.0 Å². The van der Waals surface area contributed by atoms with Gasteiger partial charge in [0.15, 0.2) is 17.7 Å². The highest BCUT2D eigenvalue weighted by molar-refractivity contribution is 6.01. The van der Waals surface area contributed by atoms with Crippen LogP contribution in [0.1, 0.15) is 59.8 Å². The topological polar surface area (TPSA) is 93.1 Å². The molecule has 1 saturated heterocycles. The molecule has 1 aliphatic heterocycles. The molecule has 5 rings (SSSR count). The summed E-state index contributed by atoms with van der Waals surface area (Å²) >= 11 is 0. The van der Waals surface area contributed by atoms with Crippen molar-refractivity contribution >= 4 is 11.8 Å². The third-order valence-corrected chi connectivity index (χ3v) is 9.16. The molecular weight excluding hydrogens is 384 g/mol. The number of carboxylic acid groups (broad SMARTS) is 1. The van der Waals surface area contributed by atoms with E-state index in [0.29, 0.717) is 12.8 Å². The summed E-state index contributed by atoms with van der Waals surface area (Å²) in [4.78, 5) is 24.1. The molecule has 164 valence electrons. The Bertz CT molecular complexity index is 873. The highest BCUT2D eigenvalue weighted by Gasteiger charge is 2.73. The van der Waals surface area contributed by atoms with Crippen LogP contribution in [-0.2, 0) is 19.1 Å². The van der Waals surface area contributed by atoms with Crippen molar-refractivity contribution in [1.82, 2.24) is 0 Å². The Morgan fingerprint density at radius 3 is 2.63 bits per heavy atom. The van der Waals surface area contributed by atoms with Crippen LogP contribution in [0, 0.1) is 28.6 Å². The van der Waals surface area contributed by atoms with Crippen molar-refractivity contribution in [2.45, 2.75) is 83.4 Å². The van der Waals surface area contributed by atoms with Crippen molar-refractivity contribution in [2.24, 2.45) is 28.6 Å². The van der Waals surface area contributed by atoms with Crippen molar-refractivity contribution in [2.75, 3.05) is 0 Å². The molecule has 0 radical (unpaired) electrons. The Labute approximate surface area is 177 Å². The lowest BCUT2D eigenvalue weighted by molar-refractivity contribution is -0.210. The molecule has 6 heteroatoms. The molecule has 0 aromatic rings. The minimum Gasteiger partial charge on any atom is -0.479 e. The smallest absolute Gasteiger partial charge is 0.336 e. The highest BCUT2D eigenvalue weighted by atomic mass is 16.8. The normalized spacial score (nSPS) is 51.3. The molecule has 4 fully saturated rings. The van der Waals surface area contributed by atoms with Crippen molar-refractivity contribution < 1.29 is 29.3 Å². The molecule has 1 heterocycles. The number of allylic oxidation sites excluding steroid dienone is 4. The number of hydrogen-bond acceptors (Lipinski definition) is 5. The lowest BCUT2D eigenvalue weighted by Gasteiger charge is -2.60. The van der Waals surface area contributed by atoms with Gasteiger partial charge in [-0.2, -0.15) is 0 Å². The van der Waals surface area contributed by atoms with Gasteiger partial charge in [-0.15, -0.1) is 0 Å². The van der Waals surface area contributed by atoms with Crippen LogP contribution in [0.25, 0.3) is 0 Å². The maximum Gasteiger partial charge on any atom is 0.336 e. The van der Waals surface area contributed by atoms with Crippen molar-refractivity contribution in [3.63, 3.8) is 0 Å². The molecule has 0 aromatic carbocycles. The second kappa shape index (κ2) is 6.05. The van der Waals surface area contributed by atoms with Gasteiger partial charge in [0, 0.05) is 16.7 Å². The van der Waals surface area contributed by atoms with Gasteiger partial charge in [-0.25, -0.2) is 4.79 Å². The van der Waals surface area contributed by atoms with E-state index in [0.717, 1.165) is 24.8 Å². The number of ketones is 1. The average molecular weight is 417 g/mol. The number of fused-ring (bicyclic) bond motifs is 6. The first-order chi connectivity index (χ1) is 13.9. The molecular formula is C24H32O6. The molecule has 0 aromatic heterocycles. The van der Waals surface area contributed by atoms with Crippen LogP contribution < -0.4 is 0 Å². The maximum absolute atomic E-state index is 12.2. The van der Waals surface area contributed by atoms with E-state index in [1.54, 1.807) is 26.0 Å². The largest absolute Gasteiger partial charge is 0.479 e. The highest BCUT2D eigenvalue weighted by Crippen LogP contribution is 2.70. The standard InChI is InChI=1S/C24H32O6/c1-21(2)29-19(20(27)28)24(30-21)10-8-16-15-6-5-13-11-14(25)7-9-22(13,3)18(15)17(26)12-23(16,24)4/h7,9,11,15-19,26H,5-6,8,10,12H2,1-4H3,(H,27,28)/t15?,16?,17?,18?,19-,22?,23?,24+/m1/s1. The summed E-state index contributed by atoms with van der Waals surface area (Å²) in [6.45, 7) is 7.81. The fourth-order valence-electron chi connectivity index (χ4n) is 8.09. The Balaban J connectivity index is 1.57. The van der Waals surface area contributed by atoms with Crippen molar-refractivity contribution in [1.29, 1.82) is 0 Å². The van der Waals surface area contributed by atoms with Gasteiger partial charge in [-0.05, 0) is 69.9 Å². The van der Waals surface area contributed by atoms with E-state index in [-0.39, 0.29) is 29.0 Å². The number of aliphatic carboxylic acids is 1. The molecule has 6 nitrogen and oxygen atoms in total. The summed E-state index contributed by atoms with van der Waals surface area (Å²) in [7, 11) is 0. The fourth-order valence-corrected chi connectivity index (χ4v) is 8.09. The van der Waals surface area contributed by atoms with Crippen molar-refractivity contribution in [3.8, 4) is 0 Å². The van der Waals surface area contributed by atoms with E-state index >= 15 is 0 Å². The number of hydrogen-bond donors (Lipinski definition) is 2. The lowest BCUT2D eigenvalue weighted by Crippen LogP contribution is -2.62. The second-order valence-electron chi connectivity index (χ2n) is 11.0. The van der Waals surface area contributed by atoms with Gasteiger partial charge in [-0.3, -0.25) is 4.79 Å². The van der Waals surface area contributed by atoms with Gasteiger partial charge in [0.1, 0.15) is 5.60 Å². The van der Waals surface area contributed by atoms with Crippen LogP contribution in [0.2, 0.25) is 0 Å². The summed E-state index contributed by atoms with van der Waals surface area (Å²) in [5.74, 6) is -1.42. The van der Waals surface area contributed by atoms with E-state index in [9.17, 15) is 19.8 Å². The number of ether oxygens (including phenoxy) is 2. The van der Waals surface area contributed by atoms with E-state index in [1.165, 1.54) is 0 Å². The number of aliphatic hydroxyl groups is 1. The lowest BCUT2D eigenvalue weighted by atomic mass is 9.46. The molecule has 3 saturated carbocycles. The SMILES string of the molecule is CC1(C)O[C@H](C(=O)O)[C@]2(CCC3C4CCC5=CC(=O)C=CC5(C)C4C(O)CC32C)O1. The van der Waals surface area contributed by atoms with E-state index in [4.69, 9.17) is 9.47 Å². The molecule has 30 heavy (non-hydrogen) atoms. The van der Waals surface area contributed by atoms with Gasteiger partial charge >= 0.3 is 5.97 Å². The van der Waals surface area contributed by atoms with Gasteiger partial charge in [-0.1, -0.05) is 25.5 Å². The molecule has 5 aliphatic rings. The zero-order valence-corrected chi connectivity index (χ0v) is 18.2. The first-order valence-corrected chi connectivity index (χ1v) is 11.2. The molecule has 8 atom stereocenters. The summed E-state index contributed by atoms with van der Waals surface area (Å²) in [5.41, 5.74) is -0.632. The quantitative estimate of drug-likeness (QED) is 0.682. The first kappa shape index (κ1) is 20.4. The van der Waals surface area contributed by atoms with E-state index in [1.807, 2.05) is 6.08 Å². The summed E-state index contributed by atoms with van der Waals surface area (Å²) < 4.78 is 12.3. The van der Waals surface area contributed by atoms with Gasteiger partial charge < -0.3 is 19.7 Å². The third kappa shape index (κ3) is 2.41. The molecule has 4 aliphatic carbocycles. The molecule has 1 spiro atoms. The zero-order valence-electron chi connectivity index (χ0n) is 18.2. The number of carbonyl (C=O) groups is 2. The predicted octanol–water partition coefficient (Wildman–Crippen LogP) is 3.24. The van der Waals surface area contributed by atoms with Crippen LogP contribution in [0.15, 0.2) is 23.8 Å². The summed E-state index contributed by atoms with van der Waals surface area (Å²) in [5, 5.41) is 21.5. The van der Waals surface area contributed by atoms with Gasteiger partial charge in [0.2, 0.25) is 0 Å². The third-order valence-electron chi connectivity index (χ3n) is 9.16. The first-order valence-electron chi connectivity index (χ1n) is 11.2. The zero-order chi connectivity index (χ0) is 21.7. The maximum atomic E-state index is 12.2. The summed E-state index contributed by atoms with van der Waals surface area (Å²) in [6, 6.07) is 0. The number of aliphatic hydroxyl groups excluding tert-OH is 1. The monoisotopic (exact) mass is 416 g/mol. The fraction of sp³-hybridized carbons (Fsp3) is 0.750. The Hall–Kier alpha value is -1.50. The van der Waals surface area contributed by atoms with Crippen LogP contribution in [0.3, 0.4) is 0 Å². The number of rotatable bonds is 1. The minimum atomic E-state index is -1.03. The van der Waals surface area contributed by atoms with Gasteiger partial charge in [0.05, 0.1) is 6.10 Å². The molecule has 2 N–H and O–H groups in total. The predicted molar refractivity (Wildman–Crippen MR) is 108 cm³/mol. The van der Waals surface area contributed by atoms with Crippen LogP contribution in [-0.4, -0.2) is 45.6 Å². The number of carboxylic acids is 1. The van der Waals surface area contributed by atoms with Crippen LogP contribution in [0.4, 0.5) is 0 Å². The Kier molecular flexibility index (Phi) is 4.11. The van der Waals surface area contributed by atoms with E-state index in [2.05, 4.69) is 13.8 Å².